The number of piperidine rings is 1. The van der Waals surface area contributed by atoms with Gasteiger partial charge in [-0.1, -0.05) is 35.6 Å². The van der Waals surface area contributed by atoms with Gasteiger partial charge >= 0.3 is 0 Å². The minimum Gasteiger partial charge on any atom is -0.320 e. The van der Waals surface area contributed by atoms with Gasteiger partial charge in [0.15, 0.2) is 0 Å². The van der Waals surface area contributed by atoms with E-state index in [-0.39, 0.29) is 16.8 Å². The van der Waals surface area contributed by atoms with E-state index in [4.69, 9.17) is 0 Å². The zero-order valence-corrected chi connectivity index (χ0v) is 20.0. The van der Waals surface area contributed by atoms with E-state index in [1.807, 2.05) is 45.0 Å². The monoisotopic (exact) mass is 470 g/mol. The van der Waals surface area contributed by atoms with E-state index in [0.717, 1.165) is 29.5 Å². The zero-order chi connectivity index (χ0) is 22.9. The highest BCUT2D eigenvalue weighted by Gasteiger charge is 2.33. The Morgan fingerprint density at radius 1 is 1.06 bits per heavy atom. The van der Waals surface area contributed by atoms with Gasteiger partial charge in [-0.05, 0) is 68.5 Å². The molecule has 0 saturated carbocycles. The van der Waals surface area contributed by atoms with Crippen LogP contribution in [0.4, 0.5) is 5.69 Å². The number of hydrogen-bond acceptors (Lipinski definition) is 6. The number of amides is 1. The molecule has 1 N–H and O–H groups in total. The molecule has 1 fully saturated rings. The van der Waals surface area contributed by atoms with Crippen LogP contribution in [-0.2, 0) is 10.0 Å². The number of aromatic nitrogens is 2. The fourth-order valence-electron chi connectivity index (χ4n) is 3.91. The van der Waals surface area contributed by atoms with Crippen molar-refractivity contribution in [3.05, 3.63) is 69.2 Å². The predicted molar refractivity (Wildman–Crippen MR) is 126 cm³/mol. The standard InChI is InChI=1S/C23H26N4O3S2/c1-15-12-17(3)20(13-16(15)2)32(29,30)27-11-7-8-18(14-27)22-25-26-23(31-22)21(28)24-19-9-5-4-6-10-19/h4-6,9-10,12-13,18H,7-8,11,14H2,1-3H3,(H,24,28)/t18-/m0/s1. The number of anilines is 1. The van der Waals surface area contributed by atoms with Gasteiger partial charge in [0.25, 0.3) is 5.91 Å². The molecule has 0 radical (unpaired) electrons. The molecule has 2 heterocycles. The summed E-state index contributed by atoms with van der Waals surface area (Å²) in [6, 6.07) is 12.9. The fourth-order valence-corrected chi connectivity index (χ4v) is 6.59. The van der Waals surface area contributed by atoms with Crippen molar-refractivity contribution in [1.82, 2.24) is 14.5 Å². The normalized spacial score (nSPS) is 17.3. The summed E-state index contributed by atoms with van der Waals surface area (Å²) >= 11 is 1.23. The first-order chi connectivity index (χ1) is 15.3. The summed E-state index contributed by atoms with van der Waals surface area (Å²) in [5, 5.41) is 12.1. The van der Waals surface area contributed by atoms with Crippen LogP contribution in [0, 0.1) is 20.8 Å². The van der Waals surface area contributed by atoms with Crippen molar-refractivity contribution >= 4 is 33.0 Å². The van der Waals surface area contributed by atoms with E-state index in [9.17, 15) is 13.2 Å². The maximum atomic E-state index is 13.4. The molecule has 0 unspecified atom stereocenters. The lowest BCUT2D eigenvalue weighted by molar-refractivity contribution is 0.102. The van der Waals surface area contributed by atoms with Gasteiger partial charge in [0.2, 0.25) is 15.0 Å². The summed E-state index contributed by atoms with van der Waals surface area (Å²) in [6.07, 6.45) is 1.55. The first-order valence-corrected chi connectivity index (χ1v) is 12.8. The maximum Gasteiger partial charge on any atom is 0.286 e. The van der Waals surface area contributed by atoms with Crippen molar-refractivity contribution in [3.63, 3.8) is 0 Å². The predicted octanol–water partition coefficient (Wildman–Crippen LogP) is 4.28. The third-order valence-electron chi connectivity index (χ3n) is 5.81. The highest BCUT2D eigenvalue weighted by atomic mass is 32.2. The average Bonchev–Trinajstić information content (AvgIpc) is 3.27. The van der Waals surface area contributed by atoms with Crippen LogP contribution in [0.1, 0.15) is 50.3 Å². The summed E-state index contributed by atoms with van der Waals surface area (Å²) in [5.74, 6) is -0.396. The minimum absolute atomic E-state index is 0.0823. The lowest BCUT2D eigenvalue weighted by atomic mass is 10.0. The van der Waals surface area contributed by atoms with Gasteiger partial charge in [-0.2, -0.15) is 4.31 Å². The third kappa shape index (κ3) is 4.60. The van der Waals surface area contributed by atoms with Gasteiger partial charge in [0.1, 0.15) is 5.01 Å². The number of carbonyl (C=O) groups excluding carboxylic acids is 1. The Labute approximate surface area is 192 Å². The number of nitrogens with zero attached hydrogens (tertiary/aromatic N) is 3. The van der Waals surface area contributed by atoms with E-state index in [2.05, 4.69) is 15.5 Å². The number of benzene rings is 2. The largest absolute Gasteiger partial charge is 0.320 e. The fraction of sp³-hybridized carbons (Fsp3) is 0.348. The lowest BCUT2D eigenvalue weighted by Crippen LogP contribution is -2.39. The van der Waals surface area contributed by atoms with Crippen molar-refractivity contribution in [2.75, 3.05) is 18.4 Å². The van der Waals surface area contributed by atoms with Gasteiger partial charge in [-0.15, -0.1) is 10.2 Å². The minimum atomic E-state index is -3.61. The average molecular weight is 471 g/mol. The molecule has 2 aromatic carbocycles. The highest BCUT2D eigenvalue weighted by molar-refractivity contribution is 7.89. The number of rotatable bonds is 5. The number of hydrogen-bond donors (Lipinski definition) is 1. The SMILES string of the molecule is Cc1cc(C)c(S(=O)(=O)N2CCC[C@H](c3nnc(C(=O)Nc4ccccc4)s3)C2)cc1C. The molecule has 1 amide bonds. The second-order valence-corrected chi connectivity index (χ2v) is 11.1. The van der Waals surface area contributed by atoms with E-state index in [1.165, 1.54) is 11.3 Å². The molecule has 0 bridgehead atoms. The summed E-state index contributed by atoms with van der Waals surface area (Å²) in [4.78, 5) is 12.9. The molecule has 32 heavy (non-hydrogen) atoms. The molecule has 1 aromatic heterocycles. The smallest absolute Gasteiger partial charge is 0.286 e. The summed E-state index contributed by atoms with van der Waals surface area (Å²) in [6.45, 7) is 6.56. The summed E-state index contributed by atoms with van der Waals surface area (Å²) in [7, 11) is -3.61. The van der Waals surface area contributed by atoms with Gasteiger partial charge < -0.3 is 5.32 Å². The number of aryl methyl sites for hydroxylation is 3. The molecule has 1 atom stereocenters. The topological polar surface area (TPSA) is 92.3 Å². The maximum absolute atomic E-state index is 13.4. The Balaban J connectivity index is 1.51. The Morgan fingerprint density at radius 2 is 1.78 bits per heavy atom. The number of para-hydroxylation sites is 1. The lowest BCUT2D eigenvalue weighted by Gasteiger charge is -2.31. The molecule has 1 aliphatic rings. The summed E-state index contributed by atoms with van der Waals surface area (Å²) < 4.78 is 28.3. The van der Waals surface area contributed by atoms with Gasteiger partial charge in [0.05, 0.1) is 4.90 Å². The molecule has 1 aliphatic heterocycles. The highest BCUT2D eigenvalue weighted by Crippen LogP contribution is 2.33. The molecular formula is C23H26N4O3S2. The zero-order valence-electron chi connectivity index (χ0n) is 18.3. The molecule has 4 rings (SSSR count). The van der Waals surface area contributed by atoms with Crippen LogP contribution in [0.5, 0.6) is 0 Å². The van der Waals surface area contributed by atoms with Crippen LogP contribution >= 0.6 is 11.3 Å². The molecule has 0 spiro atoms. The Bertz CT molecular complexity index is 1240. The van der Waals surface area contributed by atoms with Crippen molar-refractivity contribution in [1.29, 1.82) is 0 Å². The Kier molecular flexibility index (Phi) is 6.41. The van der Waals surface area contributed by atoms with E-state index in [1.54, 1.807) is 22.5 Å². The van der Waals surface area contributed by atoms with E-state index < -0.39 is 10.0 Å². The second kappa shape index (κ2) is 9.09. The quantitative estimate of drug-likeness (QED) is 0.601. The van der Waals surface area contributed by atoms with Crippen molar-refractivity contribution in [2.24, 2.45) is 0 Å². The number of nitrogens with one attached hydrogen (secondary N) is 1. The van der Waals surface area contributed by atoms with Crippen LogP contribution in [0.3, 0.4) is 0 Å². The van der Waals surface area contributed by atoms with Crippen molar-refractivity contribution < 1.29 is 13.2 Å². The van der Waals surface area contributed by atoms with Crippen molar-refractivity contribution in [2.45, 2.75) is 44.4 Å². The van der Waals surface area contributed by atoms with Crippen LogP contribution < -0.4 is 5.32 Å². The molecular weight excluding hydrogens is 444 g/mol. The molecule has 3 aromatic rings. The first kappa shape index (κ1) is 22.6. The van der Waals surface area contributed by atoms with Crippen LogP contribution in [0.2, 0.25) is 0 Å². The van der Waals surface area contributed by atoms with Gasteiger partial charge in [0, 0.05) is 24.7 Å². The third-order valence-corrected chi connectivity index (χ3v) is 8.90. The van der Waals surface area contributed by atoms with Crippen molar-refractivity contribution in [3.8, 4) is 0 Å². The van der Waals surface area contributed by atoms with E-state index in [0.29, 0.717) is 28.7 Å². The molecule has 9 heteroatoms. The molecule has 0 aliphatic carbocycles. The Hall–Kier alpha value is -2.62. The molecule has 7 nitrogen and oxygen atoms in total. The Morgan fingerprint density at radius 3 is 2.53 bits per heavy atom. The first-order valence-electron chi connectivity index (χ1n) is 10.5. The van der Waals surface area contributed by atoms with Crippen LogP contribution in [0.15, 0.2) is 47.4 Å². The number of carbonyl (C=O) groups is 1. The second-order valence-electron chi connectivity index (χ2n) is 8.17. The summed E-state index contributed by atoms with van der Waals surface area (Å²) in [5.41, 5.74) is 3.48. The van der Waals surface area contributed by atoms with Gasteiger partial charge in [-0.25, -0.2) is 8.42 Å². The molecule has 168 valence electrons. The molecule has 1 saturated heterocycles. The van der Waals surface area contributed by atoms with E-state index >= 15 is 0 Å². The van der Waals surface area contributed by atoms with Gasteiger partial charge in [-0.3, -0.25) is 4.79 Å². The number of sulfonamides is 1. The van der Waals surface area contributed by atoms with Crippen LogP contribution in [-0.4, -0.2) is 41.9 Å². The van der Waals surface area contributed by atoms with Crippen LogP contribution in [0.25, 0.3) is 0 Å².